The van der Waals surface area contributed by atoms with E-state index in [9.17, 15) is 0 Å². The maximum absolute atomic E-state index is 5.75. The molecule has 0 amide bonds. The lowest BCUT2D eigenvalue weighted by Gasteiger charge is -1.95. The first-order valence-electron chi connectivity index (χ1n) is 5.41. The lowest BCUT2D eigenvalue weighted by Crippen LogP contribution is -1.88. The second kappa shape index (κ2) is 3.59. The third kappa shape index (κ3) is 1.73. The average Bonchev–Trinajstić information content (AvgIpc) is 2.72. The van der Waals surface area contributed by atoms with Gasteiger partial charge in [-0.15, -0.1) is 5.10 Å². The highest BCUT2D eigenvalue weighted by Crippen LogP contribution is 2.18. The van der Waals surface area contributed by atoms with Gasteiger partial charge in [-0.1, -0.05) is 18.2 Å². The van der Waals surface area contributed by atoms with Crippen molar-refractivity contribution in [2.24, 2.45) is 0 Å². The molecule has 84 valence electrons. The predicted molar refractivity (Wildman–Crippen MR) is 67.6 cm³/mol. The fraction of sp³-hybridized carbons (Fsp3) is 0.0769. The van der Waals surface area contributed by atoms with E-state index in [0.29, 0.717) is 5.82 Å². The van der Waals surface area contributed by atoms with E-state index in [-0.39, 0.29) is 0 Å². The molecule has 3 aromatic rings. The lowest BCUT2D eigenvalue weighted by atomic mass is 10.2. The maximum atomic E-state index is 5.75. The van der Waals surface area contributed by atoms with Gasteiger partial charge in [-0.25, -0.2) is 9.50 Å². The molecule has 0 aliphatic heterocycles. The van der Waals surface area contributed by atoms with Crippen LogP contribution in [-0.4, -0.2) is 14.6 Å². The van der Waals surface area contributed by atoms with Gasteiger partial charge in [0.15, 0.2) is 11.5 Å². The van der Waals surface area contributed by atoms with Gasteiger partial charge in [0.05, 0.1) is 0 Å². The first-order valence-corrected chi connectivity index (χ1v) is 5.41. The Hall–Kier alpha value is -2.36. The van der Waals surface area contributed by atoms with Crippen LogP contribution in [0.4, 0.5) is 5.69 Å². The highest BCUT2D eigenvalue weighted by Gasteiger charge is 2.06. The molecular formula is C13H12N4. The van der Waals surface area contributed by atoms with Crippen molar-refractivity contribution < 1.29 is 0 Å². The smallest absolute Gasteiger partial charge is 0.182 e. The van der Waals surface area contributed by atoms with Gasteiger partial charge in [-0.05, 0) is 30.7 Å². The Morgan fingerprint density at radius 3 is 2.88 bits per heavy atom. The minimum atomic E-state index is 0.697. The van der Waals surface area contributed by atoms with Gasteiger partial charge in [0.1, 0.15) is 0 Å². The van der Waals surface area contributed by atoms with Gasteiger partial charge in [-0.3, -0.25) is 0 Å². The summed E-state index contributed by atoms with van der Waals surface area (Å²) in [5.41, 5.74) is 9.40. The molecule has 0 bridgehead atoms. The highest BCUT2D eigenvalue weighted by atomic mass is 15.3. The van der Waals surface area contributed by atoms with Crippen molar-refractivity contribution in [3.63, 3.8) is 0 Å². The summed E-state index contributed by atoms with van der Waals surface area (Å²) < 4.78 is 1.79. The molecule has 2 heterocycles. The van der Waals surface area contributed by atoms with E-state index in [1.807, 2.05) is 49.5 Å². The molecule has 4 heteroatoms. The fourth-order valence-electron chi connectivity index (χ4n) is 1.79. The lowest BCUT2D eigenvalue weighted by molar-refractivity contribution is 0.956. The minimum Gasteiger partial charge on any atom is -0.399 e. The van der Waals surface area contributed by atoms with Gasteiger partial charge in [-0.2, -0.15) is 0 Å². The maximum Gasteiger partial charge on any atom is 0.182 e. The first-order chi connectivity index (χ1) is 8.22. The standard InChI is InChI=1S/C13H12N4/c1-9-5-6-12-15-13(16-17(12)8-9)10-3-2-4-11(14)7-10/h2-8H,14H2,1H3. The van der Waals surface area contributed by atoms with Crippen molar-refractivity contribution in [1.29, 1.82) is 0 Å². The second-order valence-electron chi connectivity index (χ2n) is 4.07. The Morgan fingerprint density at radius 1 is 1.18 bits per heavy atom. The number of hydrogen-bond donors (Lipinski definition) is 1. The number of pyridine rings is 1. The molecule has 2 aromatic heterocycles. The molecule has 0 aliphatic carbocycles. The van der Waals surface area contributed by atoms with Gasteiger partial charge < -0.3 is 5.73 Å². The number of nitrogens with zero attached hydrogens (tertiary/aromatic N) is 3. The van der Waals surface area contributed by atoms with Crippen molar-refractivity contribution in [2.45, 2.75) is 6.92 Å². The quantitative estimate of drug-likeness (QED) is 0.645. The van der Waals surface area contributed by atoms with Gasteiger partial charge >= 0.3 is 0 Å². The molecule has 0 unspecified atom stereocenters. The number of aryl methyl sites for hydroxylation is 1. The van der Waals surface area contributed by atoms with Crippen molar-refractivity contribution in [2.75, 3.05) is 5.73 Å². The van der Waals surface area contributed by atoms with Gasteiger partial charge in [0.25, 0.3) is 0 Å². The molecule has 4 nitrogen and oxygen atoms in total. The zero-order chi connectivity index (χ0) is 11.8. The zero-order valence-corrected chi connectivity index (χ0v) is 9.46. The number of anilines is 1. The van der Waals surface area contributed by atoms with Crippen molar-refractivity contribution in [3.8, 4) is 11.4 Å². The van der Waals surface area contributed by atoms with Crippen LogP contribution in [0.25, 0.3) is 17.0 Å². The summed E-state index contributed by atoms with van der Waals surface area (Å²) in [6, 6.07) is 11.6. The molecule has 2 N–H and O–H groups in total. The van der Waals surface area contributed by atoms with Crippen LogP contribution in [-0.2, 0) is 0 Å². The summed E-state index contributed by atoms with van der Waals surface area (Å²) in [7, 11) is 0. The molecule has 0 fully saturated rings. The average molecular weight is 224 g/mol. The summed E-state index contributed by atoms with van der Waals surface area (Å²) in [4.78, 5) is 4.46. The molecule has 1 aromatic carbocycles. The third-order valence-corrected chi connectivity index (χ3v) is 2.62. The van der Waals surface area contributed by atoms with E-state index < -0.39 is 0 Å². The summed E-state index contributed by atoms with van der Waals surface area (Å²) in [5.74, 6) is 0.697. The van der Waals surface area contributed by atoms with E-state index in [1.165, 1.54) is 0 Å². The topological polar surface area (TPSA) is 56.2 Å². The first kappa shape index (κ1) is 9.84. The number of rotatable bonds is 1. The van der Waals surface area contributed by atoms with E-state index in [2.05, 4.69) is 10.1 Å². The summed E-state index contributed by atoms with van der Waals surface area (Å²) in [6.45, 7) is 2.03. The molecule has 3 rings (SSSR count). The molecule has 0 atom stereocenters. The number of benzene rings is 1. The van der Waals surface area contributed by atoms with Crippen molar-refractivity contribution >= 4 is 11.3 Å². The normalized spacial score (nSPS) is 10.9. The number of nitrogen functional groups attached to an aromatic ring is 1. The summed E-state index contributed by atoms with van der Waals surface area (Å²) in [5, 5.41) is 4.43. The third-order valence-electron chi connectivity index (χ3n) is 2.62. The van der Waals surface area contributed by atoms with Crippen LogP contribution in [0.5, 0.6) is 0 Å². The van der Waals surface area contributed by atoms with E-state index in [1.54, 1.807) is 4.52 Å². The van der Waals surface area contributed by atoms with Crippen LogP contribution in [0.1, 0.15) is 5.56 Å². The van der Waals surface area contributed by atoms with Crippen LogP contribution in [0.2, 0.25) is 0 Å². The number of aromatic nitrogens is 3. The van der Waals surface area contributed by atoms with Crippen LogP contribution >= 0.6 is 0 Å². The SMILES string of the molecule is Cc1ccc2nc(-c3cccc(N)c3)nn2c1. The number of fused-ring (bicyclic) bond motifs is 1. The van der Waals surface area contributed by atoms with Gasteiger partial charge in [0.2, 0.25) is 0 Å². The largest absolute Gasteiger partial charge is 0.399 e. The van der Waals surface area contributed by atoms with Crippen LogP contribution in [0.3, 0.4) is 0 Å². The molecule has 0 saturated heterocycles. The molecular weight excluding hydrogens is 212 g/mol. The van der Waals surface area contributed by atoms with Crippen LogP contribution in [0.15, 0.2) is 42.6 Å². The molecule has 17 heavy (non-hydrogen) atoms. The summed E-state index contributed by atoms with van der Waals surface area (Å²) in [6.07, 6.45) is 1.96. The Labute approximate surface area is 98.7 Å². The fourth-order valence-corrected chi connectivity index (χ4v) is 1.79. The number of nitrogens with two attached hydrogens (primary N) is 1. The Bertz CT molecular complexity index is 685. The van der Waals surface area contributed by atoms with E-state index >= 15 is 0 Å². The zero-order valence-electron chi connectivity index (χ0n) is 9.46. The minimum absolute atomic E-state index is 0.697. The van der Waals surface area contributed by atoms with Crippen molar-refractivity contribution in [1.82, 2.24) is 14.6 Å². The van der Waals surface area contributed by atoms with E-state index in [0.717, 1.165) is 22.5 Å². The molecule has 0 radical (unpaired) electrons. The predicted octanol–water partition coefficient (Wildman–Crippen LogP) is 2.29. The summed E-state index contributed by atoms with van der Waals surface area (Å²) >= 11 is 0. The second-order valence-corrected chi connectivity index (χ2v) is 4.07. The molecule has 0 aliphatic rings. The van der Waals surface area contributed by atoms with E-state index in [4.69, 9.17) is 5.73 Å². The monoisotopic (exact) mass is 224 g/mol. The Morgan fingerprint density at radius 2 is 2.06 bits per heavy atom. The Balaban J connectivity index is 2.18. The highest BCUT2D eigenvalue weighted by molar-refractivity contribution is 5.62. The Kier molecular flexibility index (Phi) is 2.08. The number of hydrogen-bond acceptors (Lipinski definition) is 3. The van der Waals surface area contributed by atoms with Gasteiger partial charge in [0, 0.05) is 17.4 Å². The van der Waals surface area contributed by atoms with Crippen LogP contribution in [0, 0.1) is 6.92 Å². The van der Waals surface area contributed by atoms with Crippen LogP contribution < -0.4 is 5.73 Å². The molecule has 0 saturated carbocycles. The van der Waals surface area contributed by atoms with Crippen molar-refractivity contribution in [3.05, 3.63) is 48.2 Å². The molecule has 0 spiro atoms.